The van der Waals surface area contributed by atoms with Crippen LogP contribution in [-0.2, 0) is 0 Å². The summed E-state index contributed by atoms with van der Waals surface area (Å²) in [7, 11) is 0. The van der Waals surface area contributed by atoms with E-state index >= 15 is 0 Å². The normalized spacial score (nSPS) is 45.0. The van der Waals surface area contributed by atoms with Crippen LogP contribution in [0.1, 0.15) is 19.3 Å². The fourth-order valence-corrected chi connectivity index (χ4v) is 1.66. The van der Waals surface area contributed by atoms with Crippen LogP contribution in [0.4, 0.5) is 0 Å². The summed E-state index contributed by atoms with van der Waals surface area (Å²) >= 11 is 11.5. The molecule has 0 aliphatic heterocycles. The Morgan fingerprint density at radius 1 is 1.22 bits per heavy atom. The SMILES string of the molecule is OC1CCCC(Cl)C1Cl. The molecular formula is C6H10Cl2O. The number of aliphatic hydroxyl groups excluding tert-OH is 1. The van der Waals surface area contributed by atoms with E-state index in [-0.39, 0.29) is 16.9 Å². The minimum atomic E-state index is -0.386. The Kier molecular flexibility index (Phi) is 2.62. The molecule has 0 aromatic rings. The second kappa shape index (κ2) is 3.09. The van der Waals surface area contributed by atoms with Gasteiger partial charge in [0.25, 0.3) is 0 Å². The molecule has 0 amide bonds. The van der Waals surface area contributed by atoms with Crippen molar-refractivity contribution in [3.8, 4) is 0 Å². The van der Waals surface area contributed by atoms with E-state index in [4.69, 9.17) is 28.3 Å². The van der Waals surface area contributed by atoms with Crippen LogP contribution in [0.2, 0.25) is 0 Å². The van der Waals surface area contributed by atoms with E-state index in [1.165, 1.54) is 0 Å². The Morgan fingerprint density at radius 2 is 1.89 bits per heavy atom. The van der Waals surface area contributed by atoms with Crippen molar-refractivity contribution in [2.75, 3.05) is 0 Å². The molecule has 0 radical (unpaired) electrons. The van der Waals surface area contributed by atoms with Crippen LogP contribution in [0.5, 0.6) is 0 Å². The summed E-state index contributed by atoms with van der Waals surface area (Å²) in [6.07, 6.45) is 2.35. The van der Waals surface area contributed by atoms with Crippen molar-refractivity contribution in [3.05, 3.63) is 0 Å². The topological polar surface area (TPSA) is 20.2 Å². The lowest BCUT2D eigenvalue weighted by molar-refractivity contribution is 0.136. The van der Waals surface area contributed by atoms with Gasteiger partial charge in [-0.05, 0) is 19.3 Å². The van der Waals surface area contributed by atoms with Gasteiger partial charge in [-0.1, -0.05) is 0 Å². The summed E-state index contributed by atoms with van der Waals surface area (Å²) in [6, 6.07) is 0. The highest BCUT2D eigenvalue weighted by molar-refractivity contribution is 6.30. The van der Waals surface area contributed by atoms with Crippen molar-refractivity contribution in [3.63, 3.8) is 0 Å². The fourth-order valence-electron chi connectivity index (χ4n) is 1.08. The maximum absolute atomic E-state index is 9.13. The highest BCUT2D eigenvalue weighted by Gasteiger charge is 2.28. The summed E-state index contributed by atoms with van der Waals surface area (Å²) in [5, 5.41) is 8.86. The first-order valence-corrected chi connectivity index (χ1v) is 4.05. The van der Waals surface area contributed by atoms with Crippen molar-refractivity contribution in [1.29, 1.82) is 0 Å². The number of hydrogen-bond acceptors (Lipinski definition) is 1. The molecule has 3 unspecified atom stereocenters. The van der Waals surface area contributed by atoms with Crippen molar-refractivity contribution < 1.29 is 5.11 Å². The van der Waals surface area contributed by atoms with Crippen LogP contribution in [-0.4, -0.2) is 22.0 Å². The fraction of sp³-hybridized carbons (Fsp3) is 1.00. The van der Waals surface area contributed by atoms with Crippen molar-refractivity contribution >= 4 is 23.2 Å². The monoisotopic (exact) mass is 168 g/mol. The molecule has 1 N–H and O–H groups in total. The molecule has 3 heteroatoms. The third kappa shape index (κ3) is 1.73. The van der Waals surface area contributed by atoms with Gasteiger partial charge in [0.15, 0.2) is 0 Å². The zero-order valence-electron chi connectivity index (χ0n) is 5.06. The molecule has 1 saturated carbocycles. The molecule has 0 aromatic carbocycles. The van der Waals surface area contributed by atoms with Crippen molar-refractivity contribution in [2.24, 2.45) is 0 Å². The molecule has 0 aromatic heterocycles. The largest absolute Gasteiger partial charge is 0.392 e. The minimum absolute atomic E-state index is 0.0320. The first kappa shape index (κ1) is 7.64. The van der Waals surface area contributed by atoms with Gasteiger partial charge in [0.2, 0.25) is 0 Å². The number of rotatable bonds is 0. The Balaban J connectivity index is 2.41. The highest BCUT2D eigenvalue weighted by atomic mass is 35.5. The van der Waals surface area contributed by atoms with Crippen LogP contribution < -0.4 is 0 Å². The third-order valence-corrected chi connectivity index (χ3v) is 2.91. The number of aliphatic hydroxyl groups is 1. The molecule has 0 bridgehead atoms. The van der Waals surface area contributed by atoms with E-state index in [1.54, 1.807) is 0 Å². The first-order chi connectivity index (χ1) is 4.22. The number of hydrogen-bond donors (Lipinski definition) is 1. The van der Waals surface area contributed by atoms with Gasteiger partial charge in [0.1, 0.15) is 0 Å². The molecule has 1 aliphatic rings. The second-order valence-corrected chi connectivity index (χ2v) is 3.52. The van der Waals surface area contributed by atoms with E-state index in [1.807, 2.05) is 0 Å². The molecule has 0 saturated heterocycles. The smallest absolute Gasteiger partial charge is 0.0758 e. The van der Waals surface area contributed by atoms with Crippen molar-refractivity contribution in [1.82, 2.24) is 0 Å². The van der Waals surface area contributed by atoms with Crippen LogP contribution in [0.25, 0.3) is 0 Å². The average Bonchev–Trinajstić information content (AvgIpc) is 1.83. The zero-order valence-corrected chi connectivity index (χ0v) is 6.57. The lowest BCUT2D eigenvalue weighted by Crippen LogP contribution is -2.33. The quantitative estimate of drug-likeness (QED) is 0.547. The van der Waals surface area contributed by atoms with E-state index < -0.39 is 0 Å². The molecule has 0 spiro atoms. The zero-order chi connectivity index (χ0) is 6.85. The van der Waals surface area contributed by atoms with Crippen LogP contribution in [0.3, 0.4) is 0 Å². The molecule has 1 nitrogen and oxygen atoms in total. The van der Waals surface area contributed by atoms with E-state index in [0.29, 0.717) is 0 Å². The Hall–Kier alpha value is 0.540. The summed E-state index contributed by atoms with van der Waals surface area (Å²) in [5.74, 6) is 0. The molecule has 3 atom stereocenters. The van der Waals surface area contributed by atoms with Gasteiger partial charge in [0, 0.05) is 0 Å². The van der Waals surface area contributed by atoms with Crippen LogP contribution >= 0.6 is 23.2 Å². The molecule has 1 aliphatic carbocycles. The molecule has 9 heavy (non-hydrogen) atoms. The molecular weight excluding hydrogens is 159 g/mol. The minimum Gasteiger partial charge on any atom is -0.392 e. The van der Waals surface area contributed by atoms with E-state index in [0.717, 1.165) is 19.3 Å². The van der Waals surface area contributed by atoms with Gasteiger partial charge in [0.05, 0.1) is 16.9 Å². The summed E-state index contributed by atoms with van der Waals surface area (Å²) in [4.78, 5) is 0. The van der Waals surface area contributed by atoms with Gasteiger partial charge in [-0.25, -0.2) is 0 Å². The maximum atomic E-state index is 9.13. The molecule has 0 heterocycles. The first-order valence-electron chi connectivity index (χ1n) is 3.18. The van der Waals surface area contributed by atoms with Crippen LogP contribution in [0.15, 0.2) is 0 Å². The average molecular weight is 169 g/mol. The Labute approximate surface area is 65.0 Å². The summed E-state index contributed by atoms with van der Waals surface area (Å²) in [5.41, 5.74) is 0. The van der Waals surface area contributed by atoms with Gasteiger partial charge >= 0.3 is 0 Å². The summed E-state index contributed by atoms with van der Waals surface area (Å²) < 4.78 is 0. The van der Waals surface area contributed by atoms with E-state index in [2.05, 4.69) is 0 Å². The lowest BCUT2D eigenvalue weighted by atomic mass is 9.97. The molecule has 54 valence electrons. The van der Waals surface area contributed by atoms with Gasteiger partial charge in [-0.15, -0.1) is 23.2 Å². The number of halogens is 2. The Bertz CT molecular complexity index is 87.1. The molecule has 1 rings (SSSR count). The number of alkyl halides is 2. The Morgan fingerprint density at radius 3 is 2.33 bits per heavy atom. The lowest BCUT2D eigenvalue weighted by Gasteiger charge is -2.26. The molecule has 1 fully saturated rings. The highest BCUT2D eigenvalue weighted by Crippen LogP contribution is 2.27. The second-order valence-electron chi connectivity index (χ2n) is 2.46. The van der Waals surface area contributed by atoms with Gasteiger partial charge in [-0.3, -0.25) is 0 Å². The van der Waals surface area contributed by atoms with Gasteiger partial charge in [-0.2, -0.15) is 0 Å². The standard InChI is InChI=1S/C6H10Cl2O/c7-4-2-1-3-5(9)6(4)8/h4-6,9H,1-3H2. The predicted octanol–water partition coefficient (Wildman–Crippen LogP) is 1.75. The van der Waals surface area contributed by atoms with Crippen molar-refractivity contribution in [2.45, 2.75) is 36.1 Å². The maximum Gasteiger partial charge on any atom is 0.0758 e. The predicted molar refractivity (Wildman–Crippen MR) is 39.1 cm³/mol. The summed E-state index contributed by atoms with van der Waals surface area (Å²) in [6.45, 7) is 0. The van der Waals surface area contributed by atoms with Crippen LogP contribution in [0, 0.1) is 0 Å². The third-order valence-electron chi connectivity index (χ3n) is 1.69. The van der Waals surface area contributed by atoms with Gasteiger partial charge < -0.3 is 5.11 Å². The van der Waals surface area contributed by atoms with E-state index in [9.17, 15) is 0 Å².